The molecule has 1 spiro atoms. The molecule has 3 aliphatic heterocycles. The highest BCUT2D eigenvalue weighted by molar-refractivity contribution is 8.02. The molecule has 0 radical (unpaired) electrons. The van der Waals surface area contributed by atoms with Gasteiger partial charge in [0.2, 0.25) is 5.91 Å². The molecule has 3 aliphatic rings. The van der Waals surface area contributed by atoms with Crippen molar-refractivity contribution in [2.45, 2.75) is 48.1 Å². The first-order valence-corrected chi connectivity index (χ1v) is 12.4. The van der Waals surface area contributed by atoms with Crippen molar-refractivity contribution in [3.63, 3.8) is 0 Å². The highest BCUT2D eigenvalue weighted by Gasteiger charge is 2.77. The topological polar surface area (TPSA) is 98.2 Å². The van der Waals surface area contributed by atoms with E-state index in [0.717, 1.165) is 0 Å². The summed E-state index contributed by atoms with van der Waals surface area (Å²) in [7, 11) is 0. The van der Waals surface area contributed by atoms with E-state index < -0.39 is 33.3 Å². The summed E-state index contributed by atoms with van der Waals surface area (Å²) < 4.78 is -1.39. The number of aliphatic carboxylic acids is 1. The monoisotopic (exact) mass is 492 g/mol. The van der Waals surface area contributed by atoms with Crippen LogP contribution in [-0.2, 0) is 14.4 Å². The van der Waals surface area contributed by atoms with Gasteiger partial charge < -0.3 is 20.0 Å². The first-order valence-electron chi connectivity index (χ1n) is 11.2. The standard InChI is InChI=1S/C24H29ClN2O5S/c1-3-12-26(16-9-5-4-8-15(16)25)21(30)19-24-11-10-23(2,33-24)18(22(31)32)17(24)20(29)27(19)13-6-7-14-28/h3-5,8-9,17-19,28H,1,6-7,10-14H2,2H3,(H,31,32)/t17-,18-,19?,23+,24?/m0/s1. The number of carbonyl (C=O) groups excluding carboxylic acids is 2. The molecule has 3 heterocycles. The Hall–Kier alpha value is -2.03. The highest BCUT2D eigenvalue weighted by Crippen LogP contribution is 2.71. The lowest BCUT2D eigenvalue weighted by molar-refractivity contribution is -0.150. The van der Waals surface area contributed by atoms with Crippen LogP contribution in [0.4, 0.5) is 5.69 Å². The maximum atomic E-state index is 14.2. The van der Waals surface area contributed by atoms with E-state index in [1.54, 1.807) is 40.1 Å². The summed E-state index contributed by atoms with van der Waals surface area (Å²) in [5.74, 6) is -3.12. The van der Waals surface area contributed by atoms with Gasteiger partial charge in [-0.25, -0.2) is 0 Å². The average Bonchev–Trinajstić information content (AvgIpc) is 3.33. The van der Waals surface area contributed by atoms with Crippen molar-refractivity contribution in [1.29, 1.82) is 0 Å². The van der Waals surface area contributed by atoms with Gasteiger partial charge in [-0.15, -0.1) is 18.3 Å². The molecule has 2 N–H and O–H groups in total. The Balaban J connectivity index is 1.80. The molecule has 4 rings (SSSR count). The third-order valence-corrected chi connectivity index (χ3v) is 9.61. The summed E-state index contributed by atoms with van der Waals surface area (Å²) >= 11 is 7.94. The molecule has 2 amide bonds. The summed E-state index contributed by atoms with van der Waals surface area (Å²) in [6.07, 6.45) is 3.88. The molecule has 1 aromatic carbocycles. The van der Waals surface area contributed by atoms with E-state index in [9.17, 15) is 24.6 Å². The molecule has 9 heteroatoms. The number of fused-ring (bicyclic) bond motifs is 1. The number of unbranched alkanes of at least 4 members (excludes halogenated alkanes) is 1. The number of rotatable bonds is 9. The van der Waals surface area contributed by atoms with Crippen LogP contribution in [0, 0.1) is 11.8 Å². The maximum absolute atomic E-state index is 14.2. The summed E-state index contributed by atoms with van der Waals surface area (Å²) in [6.45, 7) is 6.19. The van der Waals surface area contributed by atoms with Gasteiger partial charge in [0.1, 0.15) is 6.04 Å². The third-order valence-electron chi connectivity index (χ3n) is 7.30. The molecular formula is C24H29ClN2O5S. The van der Waals surface area contributed by atoms with Gasteiger partial charge in [-0.2, -0.15) is 0 Å². The summed E-state index contributed by atoms with van der Waals surface area (Å²) in [5, 5.41) is 19.7. The minimum Gasteiger partial charge on any atom is -0.481 e. The number of hydrogen-bond donors (Lipinski definition) is 2. The Morgan fingerprint density at radius 1 is 1.33 bits per heavy atom. The van der Waals surface area contributed by atoms with E-state index in [1.165, 1.54) is 11.8 Å². The Kier molecular flexibility index (Phi) is 6.55. The largest absolute Gasteiger partial charge is 0.481 e. The van der Waals surface area contributed by atoms with Crippen molar-refractivity contribution in [2.24, 2.45) is 11.8 Å². The zero-order valence-corrected chi connectivity index (χ0v) is 20.1. The van der Waals surface area contributed by atoms with Crippen molar-refractivity contribution in [1.82, 2.24) is 4.90 Å². The molecule has 33 heavy (non-hydrogen) atoms. The van der Waals surface area contributed by atoms with Crippen molar-refractivity contribution in [3.8, 4) is 0 Å². The number of thioether (sulfide) groups is 1. The number of carboxylic acids is 1. The van der Waals surface area contributed by atoms with Gasteiger partial charge in [0.05, 0.1) is 27.3 Å². The first kappa shape index (κ1) is 24.1. The molecule has 178 valence electrons. The zero-order chi connectivity index (χ0) is 24.0. The fourth-order valence-corrected chi connectivity index (χ4v) is 8.55. The maximum Gasteiger partial charge on any atom is 0.308 e. The van der Waals surface area contributed by atoms with Crippen LogP contribution in [-0.4, -0.2) is 68.1 Å². The molecule has 5 atom stereocenters. The van der Waals surface area contributed by atoms with Gasteiger partial charge in [-0.05, 0) is 44.7 Å². The molecule has 2 unspecified atom stereocenters. The van der Waals surface area contributed by atoms with E-state index in [1.807, 2.05) is 6.92 Å². The van der Waals surface area contributed by atoms with Crippen LogP contribution in [0.5, 0.6) is 0 Å². The predicted molar refractivity (Wildman–Crippen MR) is 128 cm³/mol. The summed E-state index contributed by atoms with van der Waals surface area (Å²) in [5.41, 5.74) is 0.533. The van der Waals surface area contributed by atoms with Crippen LogP contribution >= 0.6 is 23.4 Å². The number of benzene rings is 1. The number of aliphatic hydroxyl groups is 1. The molecule has 1 aromatic rings. The minimum atomic E-state index is -0.984. The summed E-state index contributed by atoms with van der Waals surface area (Å²) in [4.78, 5) is 43.3. The van der Waals surface area contributed by atoms with E-state index >= 15 is 0 Å². The quantitative estimate of drug-likeness (QED) is 0.406. The minimum absolute atomic E-state index is 0.0119. The second kappa shape index (κ2) is 8.96. The van der Waals surface area contributed by atoms with Crippen LogP contribution in [0.25, 0.3) is 0 Å². The molecule has 3 fully saturated rings. The van der Waals surface area contributed by atoms with Crippen molar-refractivity contribution in [3.05, 3.63) is 41.9 Å². The number of likely N-dealkylation sites (tertiary alicyclic amines) is 1. The van der Waals surface area contributed by atoms with Crippen LogP contribution in [0.2, 0.25) is 5.02 Å². The number of anilines is 1. The number of carboxylic acid groups (broad SMARTS) is 1. The van der Waals surface area contributed by atoms with E-state index in [4.69, 9.17) is 11.6 Å². The van der Waals surface area contributed by atoms with E-state index in [0.29, 0.717) is 42.9 Å². The lowest BCUT2D eigenvalue weighted by Gasteiger charge is -2.37. The number of hydrogen-bond acceptors (Lipinski definition) is 5. The van der Waals surface area contributed by atoms with Crippen LogP contribution in [0.1, 0.15) is 32.6 Å². The lowest BCUT2D eigenvalue weighted by Crippen LogP contribution is -2.55. The zero-order valence-electron chi connectivity index (χ0n) is 18.6. The highest BCUT2D eigenvalue weighted by atomic mass is 35.5. The average molecular weight is 493 g/mol. The fraction of sp³-hybridized carbons (Fsp3) is 0.542. The van der Waals surface area contributed by atoms with Crippen LogP contribution in [0.3, 0.4) is 0 Å². The molecular weight excluding hydrogens is 464 g/mol. The SMILES string of the molecule is C=CCN(C(=O)C1N(CCCCO)C(=O)[C@@H]2[C@@H](C(=O)O)[C@@]3(C)CCC12S3)c1ccccc1Cl. The second-order valence-corrected chi connectivity index (χ2v) is 11.5. The normalized spacial score (nSPS) is 32.2. The molecule has 0 saturated carbocycles. The number of aliphatic hydroxyl groups excluding tert-OH is 1. The van der Waals surface area contributed by atoms with Crippen molar-refractivity contribution < 1.29 is 24.6 Å². The molecule has 2 bridgehead atoms. The van der Waals surface area contributed by atoms with Gasteiger partial charge in [0.15, 0.2) is 0 Å². The molecule has 0 aliphatic carbocycles. The number of para-hydroxylation sites is 1. The molecule has 7 nitrogen and oxygen atoms in total. The Morgan fingerprint density at radius 2 is 2.06 bits per heavy atom. The van der Waals surface area contributed by atoms with Gasteiger partial charge in [0, 0.05) is 24.4 Å². The molecule has 0 aromatic heterocycles. The van der Waals surface area contributed by atoms with E-state index in [2.05, 4.69) is 6.58 Å². The summed E-state index contributed by atoms with van der Waals surface area (Å²) in [6, 6.07) is 6.23. The second-order valence-electron chi connectivity index (χ2n) is 9.22. The first-order chi connectivity index (χ1) is 15.7. The third kappa shape index (κ3) is 3.67. The van der Waals surface area contributed by atoms with Gasteiger partial charge in [-0.3, -0.25) is 14.4 Å². The van der Waals surface area contributed by atoms with Gasteiger partial charge >= 0.3 is 5.97 Å². The number of carbonyl (C=O) groups is 3. The fourth-order valence-electron chi connectivity index (χ4n) is 5.97. The van der Waals surface area contributed by atoms with Crippen molar-refractivity contribution >= 4 is 46.8 Å². The van der Waals surface area contributed by atoms with Crippen LogP contribution in [0.15, 0.2) is 36.9 Å². The van der Waals surface area contributed by atoms with Crippen molar-refractivity contribution in [2.75, 3.05) is 24.6 Å². The van der Waals surface area contributed by atoms with Gasteiger partial charge in [-0.1, -0.05) is 29.8 Å². The Morgan fingerprint density at radius 3 is 2.70 bits per heavy atom. The van der Waals surface area contributed by atoms with Gasteiger partial charge in [0.25, 0.3) is 5.91 Å². The van der Waals surface area contributed by atoms with E-state index in [-0.39, 0.29) is 25.0 Å². The number of nitrogens with zero attached hydrogens (tertiary/aromatic N) is 2. The smallest absolute Gasteiger partial charge is 0.308 e. The number of amides is 2. The Bertz CT molecular complexity index is 989. The molecule has 3 saturated heterocycles. The van der Waals surface area contributed by atoms with Crippen LogP contribution < -0.4 is 4.90 Å². The Labute approximate surface area is 202 Å². The number of halogens is 1. The predicted octanol–water partition coefficient (Wildman–Crippen LogP) is 3.20. The lowest BCUT2D eigenvalue weighted by atomic mass is 9.66.